The molecule has 0 radical (unpaired) electrons. The van der Waals surface area contributed by atoms with Gasteiger partial charge >= 0.3 is 5.63 Å². The molecule has 2 aromatic rings. The number of halogens is 2. The van der Waals surface area contributed by atoms with Crippen molar-refractivity contribution >= 4 is 38.5 Å². The standard InChI is InChI=1S/C9H4BrClO2/c10-6-3-5-1-2-8(12)13-9(5)7(11)4-6/h1-4H. The Hall–Kier alpha value is -0.800. The van der Waals surface area contributed by atoms with E-state index in [2.05, 4.69) is 15.9 Å². The second-order valence-electron chi connectivity index (χ2n) is 2.56. The second kappa shape index (κ2) is 3.16. The molecule has 0 N–H and O–H groups in total. The fraction of sp³-hybridized carbons (Fsp3) is 0. The highest BCUT2D eigenvalue weighted by atomic mass is 79.9. The van der Waals surface area contributed by atoms with Gasteiger partial charge in [0.2, 0.25) is 0 Å². The largest absolute Gasteiger partial charge is 0.421 e. The summed E-state index contributed by atoms with van der Waals surface area (Å²) in [5, 5.41) is 1.24. The van der Waals surface area contributed by atoms with E-state index in [4.69, 9.17) is 16.0 Å². The third-order valence-electron chi connectivity index (χ3n) is 1.64. The minimum absolute atomic E-state index is 0.392. The van der Waals surface area contributed by atoms with Gasteiger partial charge in [0.1, 0.15) is 0 Å². The molecule has 2 rings (SSSR count). The average Bonchev–Trinajstić information content (AvgIpc) is 2.06. The summed E-state index contributed by atoms with van der Waals surface area (Å²) in [5.74, 6) is 0. The predicted octanol–water partition coefficient (Wildman–Crippen LogP) is 3.21. The molecule has 0 saturated heterocycles. The van der Waals surface area contributed by atoms with E-state index in [-0.39, 0.29) is 0 Å². The van der Waals surface area contributed by atoms with Crippen LogP contribution in [0.25, 0.3) is 11.0 Å². The molecule has 0 spiro atoms. The van der Waals surface area contributed by atoms with Crippen molar-refractivity contribution in [1.82, 2.24) is 0 Å². The van der Waals surface area contributed by atoms with Gasteiger partial charge < -0.3 is 4.42 Å². The Morgan fingerprint density at radius 2 is 2.08 bits per heavy atom. The van der Waals surface area contributed by atoms with Gasteiger partial charge in [-0.3, -0.25) is 0 Å². The van der Waals surface area contributed by atoms with Crippen molar-refractivity contribution < 1.29 is 4.42 Å². The van der Waals surface area contributed by atoms with Crippen molar-refractivity contribution in [2.75, 3.05) is 0 Å². The van der Waals surface area contributed by atoms with Gasteiger partial charge in [-0.2, -0.15) is 0 Å². The van der Waals surface area contributed by atoms with Crippen LogP contribution in [-0.2, 0) is 0 Å². The molecule has 0 aliphatic heterocycles. The molecule has 0 atom stereocenters. The van der Waals surface area contributed by atoms with E-state index in [1.54, 1.807) is 12.1 Å². The summed E-state index contributed by atoms with van der Waals surface area (Å²) in [6, 6.07) is 6.57. The SMILES string of the molecule is O=c1ccc2cc(Br)cc(Cl)c2o1. The molecule has 2 nitrogen and oxygen atoms in total. The van der Waals surface area contributed by atoms with Crippen LogP contribution in [0.3, 0.4) is 0 Å². The summed E-state index contributed by atoms with van der Waals surface area (Å²) in [6.45, 7) is 0. The van der Waals surface area contributed by atoms with Crippen molar-refractivity contribution in [2.24, 2.45) is 0 Å². The average molecular weight is 259 g/mol. The van der Waals surface area contributed by atoms with Gasteiger partial charge in [-0.05, 0) is 18.2 Å². The van der Waals surface area contributed by atoms with E-state index in [9.17, 15) is 4.79 Å². The van der Waals surface area contributed by atoms with Crippen molar-refractivity contribution in [1.29, 1.82) is 0 Å². The summed E-state index contributed by atoms with van der Waals surface area (Å²) in [6.07, 6.45) is 0. The zero-order valence-electron chi connectivity index (χ0n) is 6.38. The molecule has 1 aromatic heterocycles. The minimum Gasteiger partial charge on any atom is -0.421 e. The maximum atomic E-state index is 10.9. The molecule has 66 valence electrons. The molecule has 13 heavy (non-hydrogen) atoms. The Morgan fingerprint density at radius 3 is 2.85 bits per heavy atom. The quantitative estimate of drug-likeness (QED) is 0.680. The predicted molar refractivity (Wildman–Crippen MR) is 55.2 cm³/mol. The van der Waals surface area contributed by atoms with E-state index in [1.807, 2.05) is 6.07 Å². The molecular weight excluding hydrogens is 255 g/mol. The summed E-state index contributed by atoms with van der Waals surface area (Å²) < 4.78 is 5.80. The Bertz CT molecular complexity index is 518. The number of benzene rings is 1. The molecule has 1 aromatic carbocycles. The van der Waals surface area contributed by atoms with E-state index in [0.29, 0.717) is 10.6 Å². The lowest BCUT2D eigenvalue weighted by atomic mass is 10.2. The highest BCUT2D eigenvalue weighted by molar-refractivity contribution is 9.10. The summed E-state index contributed by atoms with van der Waals surface area (Å²) in [7, 11) is 0. The molecule has 0 bridgehead atoms. The lowest BCUT2D eigenvalue weighted by Crippen LogP contribution is -1.94. The zero-order chi connectivity index (χ0) is 9.42. The van der Waals surface area contributed by atoms with Gasteiger partial charge in [0.25, 0.3) is 0 Å². The molecule has 0 fully saturated rings. The second-order valence-corrected chi connectivity index (χ2v) is 3.88. The third-order valence-corrected chi connectivity index (χ3v) is 2.38. The van der Waals surface area contributed by atoms with Crippen molar-refractivity contribution in [3.05, 3.63) is 44.2 Å². The van der Waals surface area contributed by atoms with Crippen LogP contribution in [0.5, 0.6) is 0 Å². The number of rotatable bonds is 0. The van der Waals surface area contributed by atoms with E-state index >= 15 is 0 Å². The Labute approximate surface area is 87.3 Å². The molecule has 0 amide bonds. The Balaban J connectivity index is 2.95. The normalized spacial score (nSPS) is 10.6. The Morgan fingerprint density at radius 1 is 1.31 bits per heavy atom. The van der Waals surface area contributed by atoms with Gasteiger partial charge in [0.05, 0.1) is 5.02 Å². The van der Waals surface area contributed by atoms with Crippen LogP contribution in [0, 0.1) is 0 Å². The smallest absolute Gasteiger partial charge is 0.336 e. The lowest BCUT2D eigenvalue weighted by Gasteiger charge is -1.98. The van der Waals surface area contributed by atoms with Crippen LogP contribution in [0.1, 0.15) is 0 Å². The van der Waals surface area contributed by atoms with Crippen LogP contribution < -0.4 is 5.63 Å². The zero-order valence-corrected chi connectivity index (χ0v) is 8.72. The first-order chi connectivity index (χ1) is 6.16. The first-order valence-corrected chi connectivity index (χ1v) is 4.73. The topological polar surface area (TPSA) is 30.2 Å². The van der Waals surface area contributed by atoms with Crippen LogP contribution >= 0.6 is 27.5 Å². The van der Waals surface area contributed by atoms with Gasteiger partial charge in [0.15, 0.2) is 5.58 Å². The van der Waals surface area contributed by atoms with E-state index < -0.39 is 5.63 Å². The number of hydrogen-bond donors (Lipinski definition) is 0. The molecule has 1 heterocycles. The van der Waals surface area contributed by atoms with Crippen LogP contribution in [0.2, 0.25) is 5.02 Å². The fourth-order valence-corrected chi connectivity index (χ4v) is 1.98. The third kappa shape index (κ3) is 1.62. The minimum atomic E-state index is -0.392. The monoisotopic (exact) mass is 258 g/mol. The maximum Gasteiger partial charge on any atom is 0.336 e. The highest BCUT2D eigenvalue weighted by Gasteiger charge is 2.03. The summed E-state index contributed by atoms with van der Waals surface area (Å²) in [4.78, 5) is 10.9. The van der Waals surface area contributed by atoms with Gasteiger partial charge in [-0.15, -0.1) is 0 Å². The van der Waals surface area contributed by atoms with Crippen LogP contribution in [-0.4, -0.2) is 0 Å². The number of hydrogen-bond acceptors (Lipinski definition) is 2. The first-order valence-electron chi connectivity index (χ1n) is 3.56. The maximum absolute atomic E-state index is 10.9. The molecule has 4 heteroatoms. The van der Waals surface area contributed by atoms with Crippen molar-refractivity contribution in [3.63, 3.8) is 0 Å². The lowest BCUT2D eigenvalue weighted by molar-refractivity contribution is 0.561. The number of fused-ring (bicyclic) bond motifs is 1. The molecule has 0 aliphatic rings. The summed E-state index contributed by atoms with van der Waals surface area (Å²) in [5.41, 5.74) is 0.0362. The fourth-order valence-electron chi connectivity index (χ4n) is 1.10. The van der Waals surface area contributed by atoms with Gasteiger partial charge in [-0.1, -0.05) is 27.5 Å². The summed E-state index contributed by atoms with van der Waals surface area (Å²) >= 11 is 9.17. The van der Waals surface area contributed by atoms with Crippen molar-refractivity contribution in [3.8, 4) is 0 Å². The van der Waals surface area contributed by atoms with Crippen LogP contribution in [0.15, 0.2) is 37.9 Å². The molecule has 0 unspecified atom stereocenters. The van der Waals surface area contributed by atoms with Gasteiger partial charge in [0, 0.05) is 15.9 Å². The molecule has 0 aliphatic carbocycles. The molecule has 0 saturated carbocycles. The molecular formula is C9H4BrClO2. The first kappa shape index (κ1) is 8.78. The van der Waals surface area contributed by atoms with E-state index in [0.717, 1.165) is 9.86 Å². The Kier molecular flexibility index (Phi) is 2.14. The van der Waals surface area contributed by atoms with Gasteiger partial charge in [-0.25, -0.2) is 4.79 Å². The van der Waals surface area contributed by atoms with Crippen molar-refractivity contribution in [2.45, 2.75) is 0 Å². The van der Waals surface area contributed by atoms with Crippen LogP contribution in [0.4, 0.5) is 0 Å². The highest BCUT2D eigenvalue weighted by Crippen LogP contribution is 2.26. The van der Waals surface area contributed by atoms with E-state index in [1.165, 1.54) is 6.07 Å².